The molecule has 2 saturated carbocycles. The molecule has 3 fully saturated rings. The first kappa shape index (κ1) is 25.7. The number of morpholine rings is 1. The number of benzene rings is 2. The number of alkyl halides is 3. The third-order valence-corrected chi connectivity index (χ3v) is 9.30. The molecule has 210 valence electrons. The van der Waals surface area contributed by atoms with Crippen LogP contribution in [0.1, 0.15) is 71.0 Å². The number of anilines is 1. The van der Waals surface area contributed by atoms with Crippen LogP contribution in [0.4, 0.5) is 18.9 Å². The summed E-state index contributed by atoms with van der Waals surface area (Å²) in [6.45, 7) is 4.01. The van der Waals surface area contributed by atoms with Gasteiger partial charge in [-0.15, -0.1) is 10.2 Å². The fourth-order valence-corrected chi connectivity index (χ4v) is 7.25. The van der Waals surface area contributed by atoms with E-state index in [4.69, 9.17) is 4.74 Å². The van der Waals surface area contributed by atoms with Crippen molar-refractivity contribution in [1.29, 1.82) is 0 Å². The molecule has 1 amide bonds. The molecule has 3 heterocycles. The smallest absolute Gasteiger partial charge is 0.376 e. The maximum atomic E-state index is 14.3. The summed E-state index contributed by atoms with van der Waals surface area (Å²) in [7, 11) is 1.94. The molecular formula is C30H32F3N5O2. The van der Waals surface area contributed by atoms with E-state index in [-0.39, 0.29) is 29.2 Å². The van der Waals surface area contributed by atoms with Crippen molar-refractivity contribution in [3.63, 3.8) is 0 Å². The highest BCUT2D eigenvalue weighted by molar-refractivity contribution is 6.10. The Kier molecular flexibility index (Phi) is 5.71. The molecule has 2 aliphatic heterocycles. The molecule has 1 aromatic heterocycles. The molecule has 0 N–H and O–H groups in total. The number of fused-ring (bicyclic) bond motifs is 1. The Bertz CT molecular complexity index is 1490. The Morgan fingerprint density at radius 2 is 1.95 bits per heavy atom. The molecule has 1 saturated heterocycles. The van der Waals surface area contributed by atoms with Crippen molar-refractivity contribution in [3.8, 4) is 0 Å². The topological polar surface area (TPSA) is 63.5 Å². The van der Waals surface area contributed by atoms with Gasteiger partial charge in [0.25, 0.3) is 5.91 Å². The maximum Gasteiger partial charge on any atom is 0.416 e. The Labute approximate surface area is 230 Å². The third-order valence-electron chi connectivity index (χ3n) is 9.30. The summed E-state index contributed by atoms with van der Waals surface area (Å²) in [4.78, 5) is 17.3. The summed E-state index contributed by atoms with van der Waals surface area (Å²) in [6.07, 6.45) is 1.50. The average molecular weight is 552 g/mol. The van der Waals surface area contributed by atoms with Gasteiger partial charge in [-0.2, -0.15) is 13.2 Å². The molecule has 0 bridgehead atoms. The maximum absolute atomic E-state index is 14.3. The van der Waals surface area contributed by atoms with Crippen LogP contribution < -0.4 is 4.90 Å². The second-order valence-electron chi connectivity index (χ2n) is 12.2. The standard InChI is InChI=1S/C30H32F3N5O2/c1-19-13-37(8-9-40-19)14-20-10-23-24(25(11-20)30(31,32)33)15-38(26(23)39)22-5-3-4-21(12-22)29(16-28(17-29)6-7-28)27-35-34-18-36(27)2/h3-5,10-12,18-19H,6-9,13-17H2,1-2H3/t19-/m1/s1. The minimum Gasteiger partial charge on any atom is -0.376 e. The highest BCUT2D eigenvalue weighted by Gasteiger charge is 2.63. The van der Waals surface area contributed by atoms with Gasteiger partial charge >= 0.3 is 6.18 Å². The SMILES string of the molecule is C[C@@H]1CN(Cc2cc3c(c(C(F)(F)F)c2)CN(c2cccc(C4(c5nncn5C)CC5(CC5)C4)c2)C3=O)CCO1. The van der Waals surface area contributed by atoms with Crippen LogP contribution in [0, 0.1) is 5.41 Å². The predicted octanol–water partition coefficient (Wildman–Crippen LogP) is 5.08. The lowest BCUT2D eigenvalue weighted by Crippen LogP contribution is -2.45. The fourth-order valence-electron chi connectivity index (χ4n) is 7.25. The van der Waals surface area contributed by atoms with E-state index in [0.717, 1.165) is 24.2 Å². The van der Waals surface area contributed by atoms with Crippen molar-refractivity contribution in [2.75, 3.05) is 24.6 Å². The van der Waals surface area contributed by atoms with Crippen LogP contribution in [0.15, 0.2) is 42.7 Å². The van der Waals surface area contributed by atoms with Gasteiger partial charge in [0.2, 0.25) is 0 Å². The molecule has 0 radical (unpaired) electrons. The molecule has 3 aromatic rings. The first-order chi connectivity index (χ1) is 19.1. The molecule has 2 aromatic carbocycles. The molecular weight excluding hydrogens is 519 g/mol. The van der Waals surface area contributed by atoms with Gasteiger partial charge in [-0.05, 0) is 79.0 Å². The third kappa shape index (κ3) is 4.15. The van der Waals surface area contributed by atoms with Gasteiger partial charge in [0.05, 0.1) is 30.2 Å². The number of carbonyl (C=O) groups is 1. The largest absolute Gasteiger partial charge is 0.416 e. The van der Waals surface area contributed by atoms with E-state index in [9.17, 15) is 18.0 Å². The first-order valence-electron chi connectivity index (χ1n) is 13.9. The van der Waals surface area contributed by atoms with Gasteiger partial charge < -0.3 is 14.2 Å². The second kappa shape index (κ2) is 8.88. The lowest BCUT2D eigenvalue weighted by Gasteiger charge is -2.48. The van der Waals surface area contributed by atoms with Crippen molar-refractivity contribution >= 4 is 11.6 Å². The minimum atomic E-state index is -4.56. The summed E-state index contributed by atoms with van der Waals surface area (Å²) >= 11 is 0. The molecule has 2 aliphatic carbocycles. The number of amides is 1. The van der Waals surface area contributed by atoms with Crippen LogP contribution in [0.3, 0.4) is 0 Å². The number of carbonyl (C=O) groups excluding carboxylic acids is 1. The summed E-state index contributed by atoms with van der Waals surface area (Å²) in [5.41, 5.74) is 1.64. The van der Waals surface area contributed by atoms with E-state index in [0.29, 0.717) is 42.9 Å². The van der Waals surface area contributed by atoms with E-state index in [1.807, 2.05) is 42.8 Å². The average Bonchev–Trinajstić information content (AvgIpc) is 3.46. The normalized spacial score (nSPS) is 23.4. The number of ether oxygens (including phenoxy) is 1. The minimum absolute atomic E-state index is 0.0185. The number of hydrogen-bond donors (Lipinski definition) is 0. The zero-order valence-electron chi connectivity index (χ0n) is 22.7. The molecule has 7 nitrogen and oxygen atoms in total. The summed E-state index contributed by atoms with van der Waals surface area (Å²) < 4.78 is 50.4. The molecule has 4 aliphatic rings. The fraction of sp³-hybridized carbons (Fsp3) is 0.500. The number of aryl methyl sites for hydroxylation is 1. The Morgan fingerprint density at radius 3 is 2.62 bits per heavy atom. The lowest BCUT2D eigenvalue weighted by atomic mass is 9.56. The Balaban J connectivity index is 1.23. The van der Waals surface area contributed by atoms with Crippen LogP contribution in [0.25, 0.3) is 0 Å². The second-order valence-corrected chi connectivity index (χ2v) is 12.2. The van der Waals surface area contributed by atoms with E-state index >= 15 is 0 Å². The predicted molar refractivity (Wildman–Crippen MR) is 142 cm³/mol. The van der Waals surface area contributed by atoms with Crippen molar-refractivity contribution < 1.29 is 22.7 Å². The molecule has 0 unspecified atom stereocenters. The molecule has 7 rings (SSSR count). The van der Waals surface area contributed by atoms with E-state index in [1.165, 1.54) is 23.8 Å². The van der Waals surface area contributed by atoms with E-state index in [2.05, 4.69) is 15.1 Å². The van der Waals surface area contributed by atoms with Crippen molar-refractivity contribution in [2.45, 2.75) is 63.4 Å². The van der Waals surface area contributed by atoms with Crippen LogP contribution in [0.2, 0.25) is 0 Å². The van der Waals surface area contributed by atoms with Crippen LogP contribution in [-0.4, -0.2) is 51.4 Å². The highest BCUT2D eigenvalue weighted by Crippen LogP contribution is 2.70. The number of halogens is 3. The molecule has 1 spiro atoms. The van der Waals surface area contributed by atoms with Gasteiger partial charge in [0.1, 0.15) is 12.2 Å². The zero-order valence-corrected chi connectivity index (χ0v) is 22.7. The number of nitrogens with zero attached hydrogens (tertiary/aromatic N) is 5. The van der Waals surface area contributed by atoms with Gasteiger partial charge in [0, 0.05) is 37.9 Å². The monoisotopic (exact) mass is 551 g/mol. The molecule has 10 heteroatoms. The van der Waals surface area contributed by atoms with Crippen molar-refractivity contribution in [3.05, 3.63) is 76.4 Å². The van der Waals surface area contributed by atoms with E-state index in [1.54, 1.807) is 12.4 Å². The number of rotatable bonds is 5. The quantitative estimate of drug-likeness (QED) is 0.443. The molecule has 1 atom stereocenters. The zero-order chi connectivity index (χ0) is 27.9. The summed E-state index contributed by atoms with van der Waals surface area (Å²) in [6, 6.07) is 10.6. The Morgan fingerprint density at radius 1 is 1.15 bits per heavy atom. The van der Waals surface area contributed by atoms with Crippen LogP contribution in [0.5, 0.6) is 0 Å². The number of hydrogen-bond acceptors (Lipinski definition) is 5. The highest BCUT2D eigenvalue weighted by atomic mass is 19.4. The van der Waals surface area contributed by atoms with Crippen LogP contribution in [-0.2, 0) is 36.5 Å². The summed E-state index contributed by atoms with van der Waals surface area (Å²) in [5, 5.41) is 8.57. The van der Waals surface area contributed by atoms with Gasteiger partial charge in [0.15, 0.2) is 0 Å². The van der Waals surface area contributed by atoms with Crippen molar-refractivity contribution in [2.24, 2.45) is 12.5 Å². The van der Waals surface area contributed by atoms with Crippen molar-refractivity contribution in [1.82, 2.24) is 19.7 Å². The summed E-state index contributed by atoms with van der Waals surface area (Å²) in [5.74, 6) is 0.495. The van der Waals surface area contributed by atoms with Gasteiger partial charge in [-0.3, -0.25) is 9.69 Å². The van der Waals surface area contributed by atoms with Gasteiger partial charge in [-0.1, -0.05) is 12.1 Å². The van der Waals surface area contributed by atoms with Gasteiger partial charge in [-0.25, -0.2) is 0 Å². The number of aromatic nitrogens is 3. The molecule has 40 heavy (non-hydrogen) atoms. The lowest BCUT2D eigenvalue weighted by molar-refractivity contribution is -0.138. The Hall–Kier alpha value is -3.24. The van der Waals surface area contributed by atoms with E-state index < -0.39 is 17.6 Å². The van der Waals surface area contributed by atoms with Crippen LogP contribution >= 0.6 is 0 Å². The first-order valence-corrected chi connectivity index (χ1v) is 13.9.